The van der Waals surface area contributed by atoms with Gasteiger partial charge in [-0.1, -0.05) is 0 Å². The summed E-state index contributed by atoms with van der Waals surface area (Å²) in [4.78, 5) is 23.4. The highest BCUT2D eigenvalue weighted by atomic mass is 16.5. The number of carbonyl (C=O) groups is 2. The molecule has 1 heterocycles. The van der Waals surface area contributed by atoms with Gasteiger partial charge < -0.3 is 9.72 Å². The van der Waals surface area contributed by atoms with Gasteiger partial charge in [0.1, 0.15) is 6.61 Å². The molecule has 1 aromatic heterocycles. The molecule has 0 fully saturated rings. The lowest BCUT2D eigenvalue weighted by Crippen LogP contribution is -1.98. The van der Waals surface area contributed by atoms with Crippen LogP contribution >= 0.6 is 0 Å². The van der Waals surface area contributed by atoms with Crippen LogP contribution in [0.4, 0.5) is 0 Å². The number of H-pyrrole nitrogens is 1. The highest BCUT2D eigenvalue weighted by Gasteiger charge is 1.98. The number of rotatable bonds is 3. The van der Waals surface area contributed by atoms with E-state index in [9.17, 15) is 9.59 Å². The van der Waals surface area contributed by atoms with Crippen LogP contribution in [-0.4, -0.2) is 17.2 Å². The second-order valence-electron chi connectivity index (χ2n) is 2.34. The Morgan fingerprint density at radius 1 is 1.67 bits per heavy atom. The number of esters is 1. The lowest BCUT2D eigenvalue weighted by Gasteiger charge is -1.97. The van der Waals surface area contributed by atoms with Gasteiger partial charge in [-0.3, -0.25) is 9.59 Å². The van der Waals surface area contributed by atoms with Gasteiger partial charge in [0.2, 0.25) is 0 Å². The number of aromatic amines is 1. The molecule has 0 aliphatic carbocycles. The Balaban J connectivity index is 2.52. The van der Waals surface area contributed by atoms with Gasteiger partial charge in [-0.05, 0) is 12.1 Å². The molecule has 0 aromatic carbocycles. The molecule has 12 heavy (non-hydrogen) atoms. The van der Waals surface area contributed by atoms with Gasteiger partial charge in [-0.2, -0.15) is 0 Å². The van der Waals surface area contributed by atoms with Crippen LogP contribution in [0.1, 0.15) is 23.1 Å². The first kappa shape index (κ1) is 8.52. The van der Waals surface area contributed by atoms with Crippen molar-refractivity contribution in [1.29, 1.82) is 0 Å². The van der Waals surface area contributed by atoms with E-state index < -0.39 is 0 Å². The Morgan fingerprint density at radius 3 is 2.92 bits per heavy atom. The average Bonchev–Trinajstić information content (AvgIpc) is 2.48. The van der Waals surface area contributed by atoms with E-state index in [2.05, 4.69) is 4.98 Å². The molecule has 0 bridgehead atoms. The van der Waals surface area contributed by atoms with Gasteiger partial charge in [-0.15, -0.1) is 0 Å². The Labute approximate surface area is 69.5 Å². The molecule has 1 aromatic rings. The van der Waals surface area contributed by atoms with Gasteiger partial charge in [0.15, 0.2) is 6.29 Å². The van der Waals surface area contributed by atoms with Crippen LogP contribution in [0, 0.1) is 0 Å². The topological polar surface area (TPSA) is 59.2 Å². The van der Waals surface area contributed by atoms with Crippen LogP contribution < -0.4 is 0 Å². The van der Waals surface area contributed by atoms with Crippen molar-refractivity contribution in [1.82, 2.24) is 4.98 Å². The lowest BCUT2D eigenvalue weighted by atomic mass is 10.4. The summed E-state index contributed by atoms with van der Waals surface area (Å²) in [6.45, 7) is 1.52. The fourth-order valence-corrected chi connectivity index (χ4v) is 0.791. The van der Waals surface area contributed by atoms with Crippen molar-refractivity contribution < 1.29 is 14.3 Å². The van der Waals surface area contributed by atoms with Crippen LogP contribution in [0.25, 0.3) is 0 Å². The molecular formula is C8H9NO3. The van der Waals surface area contributed by atoms with Crippen molar-refractivity contribution in [3.05, 3.63) is 23.5 Å². The number of aromatic nitrogens is 1. The van der Waals surface area contributed by atoms with Gasteiger partial charge in [0, 0.05) is 6.92 Å². The minimum Gasteiger partial charge on any atom is -0.459 e. The maximum Gasteiger partial charge on any atom is 0.303 e. The molecule has 0 saturated heterocycles. The second kappa shape index (κ2) is 3.71. The third kappa shape index (κ3) is 2.23. The molecule has 64 valence electrons. The van der Waals surface area contributed by atoms with E-state index in [-0.39, 0.29) is 12.6 Å². The van der Waals surface area contributed by atoms with E-state index in [4.69, 9.17) is 4.74 Å². The van der Waals surface area contributed by atoms with Gasteiger partial charge >= 0.3 is 5.97 Å². The summed E-state index contributed by atoms with van der Waals surface area (Å²) in [6.07, 6.45) is 0.706. The first-order valence-electron chi connectivity index (χ1n) is 3.49. The van der Waals surface area contributed by atoms with E-state index in [1.807, 2.05) is 0 Å². The number of hydrogen-bond acceptors (Lipinski definition) is 3. The quantitative estimate of drug-likeness (QED) is 0.537. The lowest BCUT2D eigenvalue weighted by molar-refractivity contribution is -0.142. The molecular weight excluding hydrogens is 158 g/mol. The predicted molar refractivity (Wildman–Crippen MR) is 41.7 cm³/mol. The summed E-state index contributed by atoms with van der Waals surface area (Å²) in [5.74, 6) is -0.336. The van der Waals surface area contributed by atoms with Crippen molar-refractivity contribution in [3.63, 3.8) is 0 Å². The van der Waals surface area contributed by atoms with E-state index in [1.165, 1.54) is 6.92 Å². The van der Waals surface area contributed by atoms with E-state index >= 15 is 0 Å². The van der Waals surface area contributed by atoms with E-state index in [1.54, 1.807) is 12.1 Å². The zero-order valence-corrected chi connectivity index (χ0v) is 6.66. The average molecular weight is 167 g/mol. The molecule has 1 N–H and O–H groups in total. The standard InChI is InChI=1S/C8H9NO3/c1-6(11)12-5-8-3-2-7(4-10)9-8/h2-4,9H,5H2,1H3. The highest BCUT2D eigenvalue weighted by molar-refractivity contribution is 5.72. The molecule has 0 amide bonds. The Kier molecular flexibility index (Phi) is 2.63. The molecule has 0 aliphatic heterocycles. The third-order valence-electron chi connectivity index (χ3n) is 1.33. The zero-order chi connectivity index (χ0) is 8.97. The molecule has 1 rings (SSSR count). The van der Waals surface area contributed by atoms with Crippen LogP contribution in [0.15, 0.2) is 12.1 Å². The maximum absolute atomic E-state index is 10.4. The Hall–Kier alpha value is -1.58. The summed E-state index contributed by atoms with van der Waals surface area (Å²) < 4.78 is 4.70. The summed E-state index contributed by atoms with van der Waals surface area (Å²) in [6, 6.07) is 3.33. The molecule has 0 aliphatic rings. The fourth-order valence-electron chi connectivity index (χ4n) is 0.791. The third-order valence-corrected chi connectivity index (χ3v) is 1.33. The minimum absolute atomic E-state index is 0.184. The first-order valence-corrected chi connectivity index (χ1v) is 3.49. The fraction of sp³-hybridized carbons (Fsp3) is 0.250. The van der Waals surface area contributed by atoms with Crippen molar-refractivity contribution in [2.45, 2.75) is 13.5 Å². The number of aldehydes is 1. The second-order valence-corrected chi connectivity index (χ2v) is 2.34. The number of carbonyl (C=O) groups excluding carboxylic acids is 2. The maximum atomic E-state index is 10.4. The van der Waals surface area contributed by atoms with E-state index in [0.717, 1.165) is 0 Å². The Morgan fingerprint density at radius 2 is 2.42 bits per heavy atom. The van der Waals surface area contributed by atoms with Crippen molar-refractivity contribution in [2.24, 2.45) is 0 Å². The molecule has 0 unspecified atom stereocenters. The molecule has 0 radical (unpaired) electrons. The SMILES string of the molecule is CC(=O)OCc1ccc(C=O)[nH]1. The summed E-state index contributed by atoms with van der Waals surface area (Å²) in [7, 11) is 0. The first-order chi connectivity index (χ1) is 5.72. The minimum atomic E-state index is -0.336. The van der Waals surface area contributed by atoms with Crippen molar-refractivity contribution in [3.8, 4) is 0 Å². The van der Waals surface area contributed by atoms with Gasteiger partial charge in [0.25, 0.3) is 0 Å². The summed E-state index contributed by atoms with van der Waals surface area (Å²) in [5.41, 5.74) is 1.20. The zero-order valence-electron chi connectivity index (χ0n) is 6.66. The number of hydrogen-bond donors (Lipinski definition) is 1. The molecule has 4 heteroatoms. The monoisotopic (exact) mass is 167 g/mol. The normalized spacial score (nSPS) is 9.42. The van der Waals surface area contributed by atoms with Crippen LogP contribution in [0.5, 0.6) is 0 Å². The highest BCUT2D eigenvalue weighted by Crippen LogP contribution is 2.01. The predicted octanol–water partition coefficient (Wildman–Crippen LogP) is 0.890. The van der Waals surface area contributed by atoms with Crippen molar-refractivity contribution >= 4 is 12.3 Å². The van der Waals surface area contributed by atoms with Crippen LogP contribution in [-0.2, 0) is 16.1 Å². The molecule has 0 atom stereocenters. The Bertz CT molecular complexity index is 290. The van der Waals surface area contributed by atoms with Crippen molar-refractivity contribution in [2.75, 3.05) is 0 Å². The van der Waals surface area contributed by atoms with Crippen LogP contribution in [0.3, 0.4) is 0 Å². The largest absolute Gasteiger partial charge is 0.459 e. The summed E-state index contributed by atoms with van der Waals surface area (Å²) in [5, 5.41) is 0. The molecule has 0 spiro atoms. The van der Waals surface area contributed by atoms with Crippen LogP contribution in [0.2, 0.25) is 0 Å². The van der Waals surface area contributed by atoms with E-state index in [0.29, 0.717) is 17.7 Å². The molecule has 0 saturated carbocycles. The number of nitrogens with one attached hydrogen (secondary N) is 1. The smallest absolute Gasteiger partial charge is 0.303 e. The number of ether oxygens (including phenoxy) is 1. The molecule has 4 nitrogen and oxygen atoms in total. The summed E-state index contributed by atoms with van der Waals surface area (Å²) >= 11 is 0. The van der Waals surface area contributed by atoms with Gasteiger partial charge in [-0.25, -0.2) is 0 Å². The van der Waals surface area contributed by atoms with Gasteiger partial charge in [0.05, 0.1) is 11.4 Å².